The summed E-state index contributed by atoms with van der Waals surface area (Å²) >= 11 is 0. The van der Waals surface area contributed by atoms with E-state index in [0.717, 1.165) is 6.42 Å². The molecule has 1 N–H and O–H groups in total. The van der Waals surface area contributed by atoms with Gasteiger partial charge in [-0.3, -0.25) is 0 Å². The van der Waals surface area contributed by atoms with E-state index in [1.165, 1.54) is 0 Å². The molecule has 6 heteroatoms. The average Bonchev–Trinajstić information content (AvgIpc) is 2.85. The van der Waals surface area contributed by atoms with E-state index in [4.69, 9.17) is 13.9 Å². The molecule has 1 aromatic heterocycles. The second-order valence-electron chi connectivity index (χ2n) is 5.52. The van der Waals surface area contributed by atoms with Crippen molar-refractivity contribution in [3.05, 3.63) is 5.89 Å². The van der Waals surface area contributed by atoms with Crippen molar-refractivity contribution in [2.24, 2.45) is 0 Å². The molecule has 0 saturated carbocycles. The number of nitrogens with one attached hydrogen (secondary N) is 1. The molecule has 1 atom stereocenters. The van der Waals surface area contributed by atoms with Crippen LogP contribution >= 0.6 is 0 Å². The van der Waals surface area contributed by atoms with E-state index in [1.807, 2.05) is 27.7 Å². The van der Waals surface area contributed by atoms with Gasteiger partial charge in [-0.1, -0.05) is 5.10 Å². The van der Waals surface area contributed by atoms with Crippen LogP contribution in [0, 0.1) is 0 Å². The Hall–Kier alpha value is -1.14. The van der Waals surface area contributed by atoms with Crippen molar-refractivity contribution in [2.75, 3.05) is 25.1 Å². The maximum Gasteiger partial charge on any atom is 0.315 e. The Bertz CT molecular complexity index is 392. The zero-order valence-electron chi connectivity index (χ0n) is 11.4. The summed E-state index contributed by atoms with van der Waals surface area (Å²) in [4.78, 5) is 0. The van der Waals surface area contributed by atoms with Crippen molar-refractivity contribution in [1.82, 2.24) is 10.2 Å². The molecule has 0 spiro atoms. The zero-order valence-corrected chi connectivity index (χ0v) is 11.4. The van der Waals surface area contributed by atoms with Gasteiger partial charge in [0.25, 0.3) is 5.89 Å². The van der Waals surface area contributed by atoms with Crippen LogP contribution in [-0.2, 0) is 15.1 Å². The van der Waals surface area contributed by atoms with Crippen molar-refractivity contribution in [2.45, 2.75) is 45.3 Å². The van der Waals surface area contributed by atoms with E-state index >= 15 is 0 Å². The van der Waals surface area contributed by atoms with Crippen LogP contribution in [0.5, 0.6) is 0 Å². The first-order valence-electron chi connectivity index (χ1n) is 6.29. The summed E-state index contributed by atoms with van der Waals surface area (Å²) in [5.41, 5.74) is -0.686. The zero-order chi connectivity index (χ0) is 13.2. The molecule has 2 heterocycles. The molecule has 0 radical (unpaired) electrons. The summed E-state index contributed by atoms with van der Waals surface area (Å²) in [7, 11) is 0. The number of nitrogens with zero attached hydrogens (tertiary/aromatic N) is 2. The molecule has 0 bridgehead atoms. The van der Waals surface area contributed by atoms with Gasteiger partial charge in [-0.2, -0.15) is 0 Å². The summed E-state index contributed by atoms with van der Waals surface area (Å²) in [6, 6.07) is 0.420. The quantitative estimate of drug-likeness (QED) is 0.886. The Morgan fingerprint density at radius 3 is 2.72 bits per heavy atom. The molecule has 102 valence electrons. The van der Waals surface area contributed by atoms with E-state index in [1.54, 1.807) is 0 Å². The highest BCUT2D eigenvalue weighted by Crippen LogP contribution is 2.34. The Balaban J connectivity index is 2.17. The standard InChI is InChI=1S/C12H21N3O3/c1-5-17-12(6-7-16-8-12)9-14-15-10(18-9)13-11(2,3)4/h5-8H2,1-4H3,(H,13,15). The van der Waals surface area contributed by atoms with Crippen LogP contribution in [0.1, 0.15) is 40.0 Å². The van der Waals surface area contributed by atoms with Crippen molar-refractivity contribution in [3.63, 3.8) is 0 Å². The number of aromatic nitrogens is 2. The molecule has 1 unspecified atom stereocenters. The lowest BCUT2D eigenvalue weighted by Crippen LogP contribution is -2.30. The molecule has 1 fully saturated rings. The number of rotatable bonds is 4. The fraction of sp³-hybridized carbons (Fsp3) is 0.833. The summed E-state index contributed by atoms with van der Waals surface area (Å²) in [5.74, 6) is 0.494. The lowest BCUT2D eigenvalue weighted by Gasteiger charge is -2.23. The van der Waals surface area contributed by atoms with E-state index < -0.39 is 5.60 Å². The largest absolute Gasteiger partial charge is 0.405 e. The van der Waals surface area contributed by atoms with Gasteiger partial charge in [0.05, 0.1) is 13.2 Å². The van der Waals surface area contributed by atoms with Crippen molar-refractivity contribution >= 4 is 6.01 Å². The van der Waals surface area contributed by atoms with Crippen LogP contribution in [0.25, 0.3) is 0 Å². The van der Waals surface area contributed by atoms with Gasteiger partial charge in [0.15, 0.2) is 5.60 Å². The molecule has 1 aliphatic rings. The average molecular weight is 255 g/mol. The van der Waals surface area contributed by atoms with Crippen LogP contribution in [-0.4, -0.2) is 35.6 Å². The maximum atomic E-state index is 5.77. The highest BCUT2D eigenvalue weighted by molar-refractivity contribution is 5.23. The lowest BCUT2D eigenvalue weighted by molar-refractivity contribution is -0.0657. The van der Waals surface area contributed by atoms with Gasteiger partial charge in [0.1, 0.15) is 0 Å². The van der Waals surface area contributed by atoms with E-state index in [0.29, 0.717) is 31.7 Å². The predicted molar refractivity (Wildman–Crippen MR) is 66.4 cm³/mol. The summed E-state index contributed by atoms with van der Waals surface area (Å²) in [5, 5.41) is 11.2. The molecular formula is C12H21N3O3. The van der Waals surface area contributed by atoms with Gasteiger partial charge in [-0.15, -0.1) is 5.10 Å². The minimum Gasteiger partial charge on any atom is -0.405 e. The molecule has 18 heavy (non-hydrogen) atoms. The summed E-state index contributed by atoms with van der Waals surface area (Å²) in [6.45, 7) is 9.77. The van der Waals surface area contributed by atoms with Crippen LogP contribution in [0.15, 0.2) is 4.42 Å². The van der Waals surface area contributed by atoms with E-state index in [2.05, 4.69) is 15.5 Å². The third kappa shape index (κ3) is 2.81. The molecule has 2 rings (SSSR count). The van der Waals surface area contributed by atoms with Crippen LogP contribution in [0.4, 0.5) is 6.01 Å². The van der Waals surface area contributed by atoms with Gasteiger partial charge >= 0.3 is 6.01 Å². The maximum absolute atomic E-state index is 5.77. The Morgan fingerprint density at radius 1 is 1.39 bits per heavy atom. The Morgan fingerprint density at radius 2 is 2.17 bits per heavy atom. The first-order chi connectivity index (χ1) is 8.45. The minimum absolute atomic E-state index is 0.116. The normalized spacial score (nSPS) is 24.4. The number of ether oxygens (including phenoxy) is 2. The fourth-order valence-electron chi connectivity index (χ4n) is 1.95. The molecule has 6 nitrogen and oxygen atoms in total. The fourth-order valence-corrected chi connectivity index (χ4v) is 1.95. The van der Waals surface area contributed by atoms with Gasteiger partial charge in [0.2, 0.25) is 0 Å². The highest BCUT2D eigenvalue weighted by Gasteiger charge is 2.43. The predicted octanol–water partition coefficient (Wildman–Crippen LogP) is 1.93. The molecular weight excluding hydrogens is 234 g/mol. The smallest absolute Gasteiger partial charge is 0.315 e. The third-order valence-electron chi connectivity index (χ3n) is 2.70. The number of hydrogen-bond donors (Lipinski definition) is 1. The van der Waals surface area contributed by atoms with Crippen molar-refractivity contribution in [1.29, 1.82) is 0 Å². The minimum atomic E-state index is -0.570. The van der Waals surface area contributed by atoms with Crippen molar-refractivity contribution < 1.29 is 13.9 Å². The molecule has 0 aromatic carbocycles. The monoisotopic (exact) mass is 255 g/mol. The van der Waals surface area contributed by atoms with Crippen LogP contribution < -0.4 is 5.32 Å². The van der Waals surface area contributed by atoms with Gasteiger partial charge < -0.3 is 19.2 Å². The molecule has 1 aliphatic heterocycles. The lowest BCUT2D eigenvalue weighted by atomic mass is 10.0. The SMILES string of the molecule is CCOC1(c2nnc(NC(C)(C)C)o2)CCOC1. The molecule has 0 aliphatic carbocycles. The van der Waals surface area contributed by atoms with Gasteiger partial charge in [0, 0.05) is 18.6 Å². The topological polar surface area (TPSA) is 69.4 Å². The summed E-state index contributed by atoms with van der Waals surface area (Å²) < 4.78 is 16.8. The Kier molecular flexibility index (Phi) is 3.59. The van der Waals surface area contributed by atoms with E-state index in [-0.39, 0.29) is 5.54 Å². The van der Waals surface area contributed by atoms with Gasteiger partial charge in [-0.25, -0.2) is 0 Å². The first kappa shape index (κ1) is 13.3. The first-order valence-corrected chi connectivity index (χ1v) is 6.29. The molecule has 0 amide bonds. The van der Waals surface area contributed by atoms with Crippen molar-refractivity contribution in [3.8, 4) is 0 Å². The van der Waals surface area contributed by atoms with Crippen LogP contribution in [0.3, 0.4) is 0 Å². The van der Waals surface area contributed by atoms with E-state index in [9.17, 15) is 0 Å². The second kappa shape index (κ2) is 4.85. The van der Waals surface area contributed by atoms with Crippen LogP contribution in [0.2, 0.25) is 0 Å². The number of anilines is 1. The van der Waals surface area contributed by atoms with Gasteiger partial charge in [-0.05, 0) is 27.7 Å². The second-order valence-corrected chi connectivity index (χ2v) is 5.52. The third-order valence-corrected chi connectivity index (χ3v) is 2.70. The highest BCUT2D eigenvalue weighted by atomic mass is 16.6. The summed E-state index contributed by atoms with van der Waals surface area (Å²) in [6.07, 6.45) is 0.748. The molecule has 1 saturated heterocycles. The Labute approximate surface area is 107 Å². The molecule has 1 aromatic rings. The number of hydrogen-bond acceptors (Lipinski definition) is 6.